The van der Waals surface area contributed by atoms with Gasteiger partial charge in [-0.2, -0.15) is 0 Å². The fourth-order valence-corrected chi connectivity index (χ4v) is 2.77. The Labute approximate surface area is 155 Å². The second-order valence-corrected chi connectivity index (χ2v) is 7.28. The number of hydrogen-bond acceptors (Lipinski definition) is 5. The van der Waals surface area contributed by atoms with Crippen LogP contribution in [0.25, 0.3) is 0 Å². The van der Waals surface area contributed by atoms with Crippen LogP contribution >= 0.6 is 22.6 Å². The number of ketones is 1. The molecule has 24 heavy (non-hydrogen) atoms. The van der Waals surface area contributed by atoms with Crippen molar-refractivity contribution in [3.8, 4) is 0 Å². The zero-order valence-electron chi connectivity index (χ0n) is 14.9. The van der Waals surface area contributed by atoms with Crippen molar-refractivity contribution in [2.24, 2.45) is 5.92 Å². The van der Waals surface area contributed by atoms with Crippen molar-refractivity contribution in [3.05, 3.63) is 0 Å². The van der Waals surface area contributed by atoms with Crippen molar-refractivity contribution in [1.29, 1.82) is 0 Å². The van der Waals surface area contributed by atoms with Gasteiger partial charge in [0.1, 0.15) is 5.78 Å². The smallest absolute Gasteiger partial charge is 0.249 e. The van der Waals surface area contributed by atoms with E-state index in [1.807, 2.05) is 13.8 Å². The van der Waals surface area contributed by atoms with Crippen LogP contribution in [-0.4, -0.2) is 24.1 Å². The number of carbonyl (C=O) groups is 3. The number of nitrogens with one attached hydrogen (secondary N) is 2. The predicted octanol–water partition coefficient (Wildman–Crippen LogP) is 3.84. The SMILES string of the molecule is CC(C)C(=O)CCCCCCCCCCC(=O)NCC(=O)NSS. The second-order valence-electron chi connectivity index (χ2n) is 6.34. The van der Waals surface area contributed by atoms with Gasteiger partial charge in [0.2, 0.25) is 11.8 Å². The van der Waals surface area contributed by atoms with E-state index in [0.29, 0.717) is 12.2 Å². The topological polar surface area (TPSA) is 75.3 Å². The molecule has 0 fully saturated rings. The van der Waals surface area contributed by atoms with Crippen molar-refractivity contribution in [1.82, 2.24) is 10.0 Å². The number of hydrogen-bond donors (Lipinski definition) is 3. The molecule has 2 amide bonds. The first-order valence-electron chi connectivity index (χ1n) is 8.86. The minimum atomic E-state index is -0.251. The molecule has 0 aromatic heterocycles. The lowest BCUT2D eigenvalue weighted by molar-refractivity contribution is -0.125. The quantitative estimate of drug-likeness (QED) is 0.176. The van der Waals surface area contributed by atoms with Crippen LogP contribution in [0.5, 0.6) is 0 Å². The zero-order chi connectivity index (χ0) is 18.2. The Morgan fingerprint density at radius 2 is 1.33 bits per heavy atom. The molecule has 0 aliphatic carbocycles. The fourth-order valence-electron chi connectivity index (χ4n) is 2.29. The average Bonchev–Trinajstić information content (AvgIpc) is 2.54. The van der Waals surface area contributed by atoms with Crippen LogP contribution in [0.3, 0.4) is 0 Å². The van der Waals surface area contributed by atoms with E-state index in [2.05, 4.69) is 21.7 Å². The summed E-state index contributed by atoms with van der Waals surface area (Å²) in [6.45, 7) is 3.92. The Bertz CT molecular complexity index is 377. The largest absolute Gasteiger partial charge is 0.347 e. The second kappa shape index (κ2) is 15.8. The molecule has 0 aromatic carbocycles. The first kappa shape index (κ1) is 23.3. The van der Waals surface area contributed by atoms with Crippen LogP contribution in [-0.2, 0) is 14.4 Å². The highest BCUT2D eigenvalue weighted by atomic mass is 33.1. The van der Waals surface area contributed by atoms with Gasteiger partial charge in [0.05, 0.1) is 6.54 Å². The third-order valence-corrected chi connectivity index (χ3v) is 4.42. The van der Waals surface area contributed by atoms with E-state index in [1.54, 1.807) is 0 Å². The normalized spacial score (nSPS) is 10.7. The fraction of sp³-hybridized carbons (Fsp3) is 0.824. The van der Waals surface area contributed by atoms with Gasteiger partial charge in [-0.25, -0.2) is 0 Å². The van der Waals surface area contributed by atoms with E-state index in [4.69, 9.17) is 0 Å². The van der Waals surface area contributed by atoms with Gasteiger partial charge in [-0.1, -0.05) is 64.0 Å². The molecule has 2 N–H and O–H groups in total. The first-order chi connectivity index (χ1) is 11.5. The van der Waals surface area contributed by atoms with Crippen LogP contribution in [0, 0.1) is 5.92 Å². The Kier molecular flexibility index (Phi) is 15.4. The van der Waals surface area contributed by atoms with Crippen molar-refractivity contribution < 1.29 is 14.4 Å². The minimum Gasteiger partial charge on any atom is -0.347 e. The van der Waals surface area contributed by atoms with Gasteiger partial charge < -0.3 is 5.32 Å². The van der Waals surface area contributed by atoms with Gasteiger partial charge >= 0.3 is 0 Å². The molecule has 5 nitrogen and oxygen atoms in total. The lowest BCUT2D eigenvalue weighted by Gasteiger charge is -2.05. The molecule has 7 heteroatoms. The van der Waals surface area contributed by atoms with E-state index in [0.717, 1.165) is 49.5 Å². The zero-order valence-corrected chi connectivity index (χ0v) is 16.6. The van der Waals surface area contributed by atoms with E-state index in [9.17, 15) is 14.4 Å². The van der Waals surface area contributed by atoms with Crippen molar-refractivity contribution in [2.45, 2.75) is 78.1 Å². The summed E-state index contributed by atoms with van der Waals surface area (Å²) in [5.74, 6) is 0.205. The average molecular weight is 377 g/mol. The molecule has 0 saturated heterocycles. The van der Waals surface area contributed by atoms with Crippen molar-refractivity contribution in [3.63, 3.8) is 0 Å². The van der Waals surface area contributed by atoms with Gasteiger partial charge in [-0.3, -0.25) is 19.1 Å². The molecular weight excluding hydrogens is 344 g/mol. The summed E-state index contributed by atoms with van der Waals surface area (Å²) >= 11 is 3.79. The number of unbranched alkanes of at least 4 members (excludes halogenated alkanes) is 7. The molecule has 0 aromatic rings. The molecule has 0 unspecified atom stereocenters. The lowest BCUT2D eigenvalue weighted by Crippen LogP contribution is -2.33. The van der Waals surface area contributed by atoms with Gasteiger partial charge in [-0.05, 0) is 12.8 Å². The van der Waals surface area contributed by atoms with Crippen LogP contribution < -0.4 is 10.0 Å². The molecule has 0 aliphatic rings. The molecule has 0 atom stereocenters. The molecular formula is C17H32N2O3S2. The number of rotatable bonds is 15. The summed E-state index contributed by atoms with van der Waals surface area (Å²) in [5, 5.41) is 2.58. The third kappa shape index (κ3) is 14.9. The Morgan fingerprint density at radius 1 is 0.833 bits per heavy atom. The van der Waals surface area contributed by atoms with E-state index in [1.165, 1.54) is 19.3 Å². The number of Topliss-reactive ketones (excluding diaryl/α,β-unsaturated/α-hetero) is 1. The molecule has 0 spiro atoms. The Balaban J connectivity index is 3.31. The first-order valence-corrected chi connectivity index (χ1v) is 10.7. The van der Waals surface area contributed by atoms with Crippen molar-refractivity contribution >= 4 is 40.2 Å². The third-order valence-electron chi connectivity index (χ3n) is 3.83. The molecule has 0 aliphatic heterocycles. The number of amides is 2. The molecule has 0 radical (unpaired) electrons. The monoisotopic (exact) mass is 376 g/mol. The maximum atomic E-state index is 11.5. The van der Waals surface area contributed by atoms with Crippen LogP contribution in [0.1, 0.15) is 78.1 Å². The highest BCUT2D eigenvalue weighted by Crippen LogP contribution is 2.12. The standard InChI is InChI=1S/C17H32N2O3S2/c1-14(2)15(20)11-9-7-5-3-4-6-8-10-12-16(21)18-13-17(22)19-24-23/h14,23H,3-13H2,1-2H3,(H,18,21)(H,19,22). The summed E-state index contributed by atoms with van der Waals surface area (Å²) < 4.78 is 2.43. The Morgan fingerprint density at radius 3 is 1.83 bits per heavy atom. The van der Waals surface area contributed by atoms with Crippen LogP contribution in [0.4, 0.5) is 0 Å². The van der Waals surface area contributed by atoms with E-state index in [-0.39, 0.29) is 24.3 Å². The van der Waals surface area contributed by atoms with Gasteiger partial charge in [0, 0.05) is 29.7 Å². The van der Waals surface area contributed by atoms with E-state index < -0.39 is 0 Å². The minimum absolute atomic E-state index is 0.00566. The molecule has 140 valence electrons. The maximum absolute atomic E-state index is 11.5. The molecule has 0 rings (SSSR count). The molecule has 0 heterocycles. The number of thiol groups is 1. The van der Waals surface area contributed by atoms with Crippen LogP contribution in [0.2, 0.25) is 0 Å². The maximum Gasteiger partial charge on any atom is 0.249 e. The number of carbonyl (C=O) groups excluding carboxylic acids is 3. The van der Waals surface area contributed by atoms with Gasteiger partial charge in [-0.15, -0.1) is 0 Å². The van der Waals surface area contributed by atoms with Crippen molar-refractivity contribution in [2.75, 3.05) is 6.54 Å². The highest BCUT2D eigenvalue weighted by Gasteiger charge is 2.06. The molecule has 0 saturated carbocycles. The lowest BCUT2D eigenvalue weighted by atomic mass is 10.0. The van der Waals surface area contributed by atoms with Crippen LogP contribution in [0.15, 0.2) is 0 Å². The summed E-state index contributed by atoms with van der Waals surface area (Å²) in [6.07, 6.45) is 9.93. The van der Waals surface area contributed by atoms with E-state index >= 15 is 0 Å². The Hall–Kier alpha value is -0.690. The van der Waals surface area contributed by atoms with Gasteiger partial charge in [0.25, 0.3) is 0 Å². The summed E-state index contributed by atoms with van der Waals surface area (Å²) in [4.78, 5) is 34.1. The summed E-state index contributed by atoms with van der Waals surface area (Å²) in [5.41, 5.74) is 0. The highest BCUT2D eigenvalue weighted by molar-refractivity contribution is 8.68. The van der Waals surface area contributed by atoms with Gasteiger partial charge in [0.15, 0.2) is 0 Å². The summed E-state index contributed by atoms with van der Waals surface area (Å²) in [7, 11) is 0.925. The molecule has 0 bridgehead atoms. The predicted molar refractivity (Wildman–Crippen MR) is 104 cm³/mol. The summed E-state index contributed by atoms with van der Waals surface area (Å²) in [6, 6.07) is 0.